The van der Waals surface area contributed by atoms with E-state index >= 15 is 0 Å². The number of fused-ring (bicyclic) bond motifs is 2. The maximum atomic E-state index is 13.6. The molecule has 9 rings (SSSR count). The van der Waals surface area contributed by atoms with Gasteiger partial charge in [-0.15, -0.1) is 0 Å². The molecule has 1 aliphatic carbocycles. The number of aryl methyl sites for hydroxylation is 1. The van der Waals surface area contributed by atoms with E-state index in [-0.39, 0.29) is 34.5 Å². The Balaban J connectivity index is 1.14. The number of ether oxygens (including phenoxy) is 2. The molecule has 0 amide bonds. The number of aromatic nitrogens is 6. The van der Waals surface area contributed by atoms with Gasteiger partial charge in [0.05, 0.1) is 22.2 Å². The molecule has 0 saturated heterocycles. The van der Waals surface area contributed by atoms with Gasteiger partial charge in [0.25, 0.3) is 0 Å². The van der Waals surface area contributed by atoms with Gasteiger partial charge >= 0.3 is 0 Å². The lowest BCUT2D eigenvalue weighted by molar-refractivity contribution is 0.292. The maximum absolute atomic E-state index is 13.6. The molecule has 58 heavy (non-hydrogen) atoms. The first kappa shape index (κ1) is 37.0. The van der Waals surface area contributed by atoms with Crippen molar-refractivity contribution in [2.24, 2.45) is 0 Å². The molecule has 0 bridgehead atoms. The van der Waals surface area contributed by atoms with Gasteiger partial charge < -0.3 is 19.4 Å². The molecule has 0 atom stereocenters. The Morgan fingerprint density at radius 2 is 1.47 bits per heavy atom. The largest absolute Gasteiger partial charge is 0.484 e. The molecule has 1 saturated carbocycles. The van der Waals surface area contributed by atoms with E-state index in [1.54, 1.807) is 18.2 Å². The highest BCUT2D eigenvalue weighted by Crippen LogP contribution is 2.37. The molecule has 10 nitrogen and oxygen atoms in total. The van der Waals surface area contributed by atoms with Crippen LogP contribution in [0.25, 0.3) is 66.8 Å². The van der Waals surface area contributed by atoms with Crippen LogP contribution in [-0.2, 0) is 6.42 Å². The lowest BCUT2D eigenvalue weighted by atomic mass is 9.95. The summed E-state index contributed by atoms with van der Waals surface area (Å²) in [5, 5.41) is 1.43. The predicted octanol–water partition coefficient (Wildman–Crippen LogP) is 9.93. The van der Waals surface area contributed by atoms with Gasteiger partial charge in [0.1, 0.15) is 34.3 Å². The molecule has 2 N–H and O–H groups in total. The van der Waals surface area contributed by atoms with E-state index in [1.807, 2.05) is 79.7 Å². The van der Waals surface area contributed by atoms with Crippen LogP contribution in [0.1, 0.15) is 29.8 Å². The highest BCUT2D eigenvalue weighted by Gasteiger charge is 2.25. The minimum absolute atomic E-state index is 0.103. The third-order valence-corrected chi connectivity index (χ3v) is 10.2. The second-order valence-electron chi connectivity index (χ2n) is 14.2. The number of pyridine rings is 6. The molecule has 1 fully saturated rings. The average molecular weight is 806 g/mol. The van der Waals surface area contributed by atoms with Gasteiger partial charge in [0.15, 0.2) is 17.1 Å². The zero-order chi connectivity index (χ0) is 39.9. The van der Waals surface area contributed by atoms with Crippen molar-refractivity contribution in [2.75, 3.05) is 6.61 Å². The predicted molar refractivity (Wildman–Crippen MR) is 229 cm³/mol. The molecule has 286 valence electrons. The van der Waals surface area contributed by atoms with Gasteiger partial charge in [0.2, 0.25) is 5.43 Å². The van der Waals surface area contributed by atoms with E-state index in [1.165, 1.54) is 12.3 Å². The van der Waals surface area contributed by atoms with Crippen LogP contribution >= 0.6 is 23.2 Å². The molecule has 2 aromatic carbocycles. The van der Waals surface area contributed by atoms with Crippen molar-refractivity contribution >= 4 is 45.3 Å². The molecular formula is C46H34Cl2N6O4. The molecule has 6 aromatic heterocycles. The fraction of sp³-hybridized carbons (Fsp3) is 0.130. The normalized spacial score (nSPS) is 12.5. The average Bonchev–Trinajstić information content (AvgIpc) is 4.04. The molecule has 0 unspecified atom stereocenters. The summed E-state index contributed by atoms with van der Waals surface area (Å²) in [5.41, 5.74) is 8.69. The Bertz CT molecular complexity index is 3020. The molecule has 6 heterocycles. The molecule has 1 aliphatic rings. The summed E-state index contributed by atoms with van der Waals surface area (Å²) in [6.07, 6.45) is 5.54. The van der Waals surface area contributed by atoms with Crippen molar-refractivity contribution < 1.29 is 9.47 Å². The second-order valence-corrected chi connectivity index (χ2v) is 15.0. The van der Waals surface area contributed by atoms with Crippen LogP contribution < -0.4 is 20.3 Å². The van der Waals surface area contributed by atoms with Gasteiger partial charge in [-0.25, -0.2) is 19.9 Å². The fourth-order valence-electron chi connectivity index (χ4n) is 7.05. The van der Waals surface area contributed by atoms with E-state index in [0.29, 0.717) is 62.2 Å². The van der Waals surface area contributed by atoms with Crippen LogP contribution in [0.15, 0.2) is 126 Å². The van der Waals surface area contributed by atoms with Crippen molar-refractivity contribution in [1.29, 1.82) is 0 Å². The minimum Gasteiger partial charge on any atom is -0.484 e. The van der Waals surface area contributed by atoms with E-state index in [9.17, 15) is 9.59 Å². The first-order valence-corrected chi connectivity index (χ1v) is 19.5. The lowest BCUT2D eigenvalue weighted by Crippen LogP contribution is -2.10. The van der Waals surface area contributed by atoms with Crippen molar-refractivity contribution in [3.05, 3.63) is 164 Å². The van der Waals surface area contributed by atoms with Crippen LogP contribution in [0, 0.1) is 6.92 Å². The molecule has 8 aromatic rings. The summed E-state index contributed by atoms with van der Waals surface area (Å²) in [6, 6.07) is 30.4. The van der Waals surface area contributed by atoms with Crippen LogP contribution in [0.4, 0.5) is 0 Å². The zero-order valence-corrected chi connectivity index (χ0v) is 32.7. The Hall–Kier alpha value is -6.62. The number of aromatic amines is 2. The van der Waals surface area contributed by atoms with Gasteiger partial charge in [-0.1, -0.05) is 84.4 Å². The third-order valence-electron chi connectivity index (χ3n) is 9.82. The highest BCUT2D eigenvalue weighted by molar-refractivity contribution is 6.30. The maximum Gasteiger partial charge on any atom is 0.232 e. The molecule has 0 spiro atoms. The number of nitrogens with zero attached hydrogens (tertiary/aromatic N) is 4. The van der Waals surface area contributed by atoms with Gasteiger partial charge in [-0.3, -0.25) is 9.59 Å². The molecule has 0 aliphatic heterocycles. The zero-order valence-electron chi connectivity index (χ0n) is 31.2. The quantitative estimate of drug-likeness (QED) is 0.0975. The first-order valence-electron chi connectivity index (χ1n) is 18.7. The SMILES string of the molecule is C=CCOc1c[nH]c2nc(-c3ccccc3)c(-c3cc(Cl)nc(Cc4cccc(-c5nc6[nH]c(OC7CC7)cc(=O)c6cc5-c5cc(C)nc(Cl)c5)c4)c3)cc2c1=O. The number of hydrogen-bond acceptors (Lipinski definition) is 8. The van der Waals surface area contributed by atoms with Crippen LogP contribution in [0.2, 0.25) is 10.3 Å². The molecule has 0 radical (unpaired) electrons. The Morgan fingerprint density at radius 1 is 0.759 bits per heavy atom. The van der Waals surface area contributed by atoms with Gasteiger partial charge in [0, 0.05) is 52.3 Å². The molecular weight excluding hydrogens is 771 g/mol. The summed E-state index contributed by atoms with van der Waals surface area (Å²) in [7, 11) is 0. The fourth-order valence-corrected chi connectivity index (χ4v) is 7.53. The van der Waals surface area contributed by atoms with Gasteiger partial charge in [-0.2, -0.15) is 0 Å². The second kappa shape index (κ2) is 15.4. The van der Waals surface area contributed by atoms with Crippen molar-refractivity contribution in [3.63, 3.8) is 0 Å². The van der Waals surface area contributed by atoms with Crippen LogP contribution in [0.5, 0.6) is 11.6 Å². The first-order chi connectivity index (χ1) is 28.2. The van der Waals surface area contributed by atoms with Crippen molar-refractivity contribution in [3.8, 4) is 56.4 Å². The standard InChI is InChI=1S/C46H34Cl2N6O4/c1-3-14-57-38-24-49-45-36(44(38)56)22-34(42(53-45)27-9-5-4-6-10-27)30-18-31(51-40(48)20-30)17-26-8-7-11-28(16-26)43-33(29-15-25(2)50-39(47)19-29)21-35-37(55)23-41(52-46(35)54-43)58-32-12-13-32/h3-11,15-16,18-24,32H,1,12-14,17H2,2H3,(H,49,53,56)(H,52,54,55). The Kier molecular flexibility index (Phi) is 9.81. The number of rotatable bonds is 11. The van der Waals surface area contributed by atoms with Crippen molar-refractivity contribution in [1.82, 2.24) is 29.9 Å². The number of H-pyrrole nitrogens is 2. The van der Waals surface area contributed by atoms with Crippen LogP contribution in [-0.4, -0.2) is 42.6 Å². The van der Waals surface area contributed by atoms with E-state index in [4.69, 9.17) is 47.6 Å². The number of nitrogens with one attached hydrogen (secondary N) is 2. The number of hydrogen-bond donors (Lipinski definition) is 2. The van der Waals surface area contributed by atoms with E-state index in [0.717, 1.165) is 51.9 Å². The van der Waals surface area contributed by atoms with Gasteiger partial charge in [-0.05, 0) is 78.9 Å². The van der Waals surface area contributed by atoms with E-state index < -0.39 is 0 Å². The summed E-state index contributed by atoms with van der Waals surface area (Å²) >= 11 is 13.2. The number of benzene rings is 2. The van der Waals surface area contributed by atoms with Crippen molar-refractivity contribution in [2.45, 2.75) is 32.3 Å². The Labute approximate surface area is 342 Å². The Morgan fingerprint density at radius 3 is 2.22 bits per heavy atom. The smallest absolute Gasteiger partial charge is 0.232 e. The topological polar surface area (TPSA) is 136 Å². The third kappa shape index (κ3) is 7.59. The molecule has 12 heteroatoms. The lowest BCUT2D eigenvalue weighted by Gasteiger charge is -2.15. The summed E-state index contributed by atoms with van der Waals surface area (Å²) in [4.78, 5) is 52.4. The number of halogens is 2. The summed E-state index contributed by atoms with van der Waals surface area (Å²) in [5.74, 6) is 0.569. The highest BCUT2D eigenvalue weighted by atomic mass is 35.5. The minimum atomic E-state index is -0.289. The monoisotopic (exact) mass is 804 g/mol. The summed E-state index contributed by atoms with van der Waals surface area (Å²) in [6.45, 7) is 5.75. The summed E-state index contributed by atoms with van der Waals surface area (Å²) < 4.78 is 11.6. The van der Waals surface area contributed by atoms with E-state index in [2.05, 4.69) is 27.6 Å². The van der Waals surface area contributed by atoms with Crippen LogP contribution in [0.3, 0.4) is 0 Å².